The molecule has 0 spiro atoms. The Bertz CT molecular complexity index is 1270. The molecule has 1 rings (SSSR count). The van der Waals surface area contributed by atoms with Gasteiger partial charge in [0.15, 0.2) is 5.78 Å². The second-order valence-electron chi connectivity index (χ2n) is 10.9. The number of aliphatic hydroxyl groups is 1. The predicted octanol–water partition coefficient (Wildman–Crippen LogP) is 8.93. The number of Topliss-reactive ketones (excluding diaryl/α,β-unsaturated/α-hetero) is 1. The summed E-state index contributed by atoms with van der Waals surface area (Å²) in [5.74, 6) is -0.170. The van der Waals surface area contributed by atoms with Gasteiger partial charge in [0, 0.05) is 0 Å². The van der Waals surface area contributed by atoms with E-state index in [1.807, 2.05) is 81.5 Å². The molecule has 0 heterocycles. The van der Waals surface area contributed by atoms with Gasteiger partial charge in [0.1, 0.15) is 12.4 Å². The van der Waals surface area contributed by atoms with Crippen molar-refractivity contribution < 1.29 is 14.7 Å². The van der Waals surface area contributed by atoms with Crippen LogP contribution >= 0.6 is 0 Å². The van der Waals surface area contributed by atoms with Crippen molar-refractivity contribution in [3.8, 4) is 0 Å². The fourth-order valence-electron chi connectivity index (χ4n) is 4.08. The smallest absolute Gasteiger partial charge is 0.187 e. The summed E-state index contributed by atoms with van der Waals surface area (Å²) >= 11 is 0. The number of allylic oxidation sites excluding steroid dienone is 23. The van der Waals surface area contributed by atoms with Gasteiger partial charge < -0.3 is 5.11 Å². The third-order valence-corrected chi connectivity index (χ3v) is 6.44. The molecule has 212 valence electrons. The van der Waals surface area contributed by atoms with E-state index in [-0.39, 0.29) is 11.2 Å². The van der Waals surface area contributed by atoms with E-state index >= 15 is 0 Å². The average Bonchev–Trinajstić information content (AvgIpc) is 2.88. The van der Waals surface area contributed by atoms with Gasteiger partial charge in [-0.05, 0) is 70.6 Å². The lowest BCUT2D eigenvalue weighted by molar-refractivity contribution is -0.125. The highest BCUT2D eigenvalue weighted by Gasteiger charge is 2.36. The van der Waals surface area contributed by atoms with E-state index < -0.39 is 6.10 Å². The van der Waals surface area contributed by atoms with Crippen molar-refractivity contribution in [2.75, 3.05) is 0 Å². The molecule has 3 heteroatoms. The van der Waals surface area contributed by atoms with Gasteiger partial charge in [0.05, 0.1) is 0 Å². The molecule has 1 atom stereocenters. The average molecular weight is 539 g/mol. The maximum atomic E-state index is 12.2. The number of rotatable bonds is 12. The Morgan fingerprint density at radius 1 is 0.675 bits per heavy atom. The third-order valence-electron chi connectivity index (χ3n) is 6.44. The minimum atomic E-state index is -0.900. The van der Waals surface area contributed by atoms with E-state index in [1.165, 1.54) is 6.08 Å². The molecule has 0 amide bonds. The van der Waals surface area contributed by atoms with E-state index in [0.29, 0.717) is 12.0 Å². The highest BCUT2D eigenvalue weighted by molar-refractivity contribution is 6.00. The topological polar surface area (TPSA) is 54.4 Å². The van der Waals surface area contributed by atoms with E-state index in [2.05, 4.69) is 58.1 Å². The van der Waals surface area contributed by atoms with Crippen LogP contribution in [0, 0.1) is 5.41 Å². The van der Waals surface area contributed by atoms with Crippen LogP contribution in [-0.4, -0.2) is 23.3 Å². The monoisotopic (exact) mass is 538 g/mol. The first-order chi connectivity index (χ1) is 18.9. The van der Waals surface area contributed by atoms with Crippen LogP contribution in [0.25, 0.3) is 0 Å². The molecule has 0 radical (unpaired) electrons. The fraction of sp³-hybridized carbons (Fsp3) is 0.297. The zero-order chi connectivity index (χ0) is 30.1. The lowest BCUT2D eigenvalue weighted by Crippen LogP contribution is -2.35. The number of carbonyl (C=O) groups excluding carboxylic acids is 2. The Kier molecular flexibility index (Phi) is 15.1. The van der Waals surface area contributed by atoms with Crippen molar-refractivity contribution in [3.63, 3.8) is 0 Å². The van der Waals surface area contributed by atoms with Crippen molar-refractivity contribution in [1.82, 2.24) is 0 Å². The highest BCUT2D eigenvalue weighted by Crippen LogP contribution is 2.39. The first kappa shape index (κ1) is 34.2. The van der Waals surface area contributed by atoms with Gasteiger partial charge in [-0.3, -0.25) is 9.59 Å². The van der Waals surface area contributed by atoms with Crippen molar-refractivity contribution in [3.05, 3.63) is 142 Å². The van der Waals surface area contributed by atoms with E-state index in [4.69, 9.17) is 0 Å². The number of aliphatic hydroxyl groups excluding tert-OH is 1. The number of carbonyl (C=O) groups is 2. The summed E-state index contributed by atoms with van der Waals surface area (Å²) < 4.78 is 0. The Morgan fingerprint density at radius 2 is 1.05 bits per heavy atom. The third kappa shape index (κ3) is 13.3. The van der Waals surface area contributed by atoms with Crippen LogP contribution in [0.1, 0.15) is 61.8 Å². The van der Waals surface area contributed by atoms with Crippen molar-refractivity contribution in [1.29, 1.82) is 0 Å². The molecule has 0 aromatic heterocycles. The predicted molar refractivity (Wildman–Crippen MR) is 172 cm³/mol. The maximum Gasteiger partial charge on any atom is 0.187 e. The van der Waals surface area contributed by atoms with Crippen molar-refractivity contribution >= 4 is 12.1 Å². The van der Waals surface area contributed by atoms with Gasteiger partial charge in [-0.1, -0.05) is 139 Å². The molecule has 3 nitrogen and oxygen atoms in total. The summed E-state index contributed by atoms with van der Waals surface area (Å²) in [7, 11) is 0. The molecule has 40 heavy (non-hydrogen) atoms. The van der Waals surface area contributed by atoms with Crippen LogP contribution in [0.3, 0.4) is 0 Å². The number of ketones is 1. The molecule has 1 unspecified atom stereocenters. The van der Waals surface area contributed by atoms with E-state index in [9.17, 15) is 14.7 Å². The standard InChI is InChI=1S/C37H46O3/c1-28(17-11-19-30(3)20-12-21-31(4)23-14-26-38)15-9-10-16-29(2)18-13-22-32(5)24-25-34-33(6)36(40)35(39)27-37(34,7)8/h9-26,35,39H,27H2,1-8H3/b10-9+,17-11+,18-13+,20-12+,23-14+,25-24+,28-15+,29-16+,30-19+,31-21+,32-22+. The first-order valence-corrected chi connectivity index (χ1v) is 13.7. The molecule has 0 aliphatic heterocycles. The minimum Gasteiger partial charge on any atom is -0.385 e. The summed E-state index contributed by atoms with van der Waals surface area (Å²) in [4.78, 5) is 22.6. The fourth-order valence-corrected chi connectivity index (χ4v) is 4.08. The molecule has 1 aliphatic carbocycles. The molecule has 0 aromatic carbocycles. The number of hydrogen-bond donors (Lipinski definition) is 1. The van der Waals surface area contributed by atoms with E-state index in [0.717, 1.165) is 39.7 Å². The molecule has 0 saturated heterocycles. The SMILES string of the molecule is CC1=C(/C=C/C(C)=C/C=C/C(C)=C/C=C/C=C(C)/C=C/C=C(C)/C=C/C=C(C)/C=C/C=O)C(C)(C)CC(O)C1=O. The maximum absolute atomic E-state index is 12.2. The summed E-state index contributed by atoms with van der Waals surface area (Å²) in [5.41, 5.74) is 6.92. The zero-order valence-electron chi connectivity index (χ0n) is 25.4. The lowest BCUT2D eigenvalue weighted by atomic mass is 9.71. The molecule has 0 fully saturated rings. The van der Waals surface area contributed by atoms with Crippen molar-refractivity contribution in [2.45, 2.75) is 67.9 Å². The van der Waals surface area contributed by atoms with Gasteiger partial charge >= 0.3 is 0 Å². The highest BCUT2D eigenvalue weighted by atomic mass is 16.3. The second-order valence-corrected chi connectivity index (χ2v) is 10.9. The van der Waals surface area contributed by atoms with E-state index in [1.54, 1.807) is 13.0 Å². The summed E-state index contributed by atoms with van der Waals surface area (Å²) in [6.07, 6.45) is 34.0. The first-order valence-electron chi connectivity index (χ1n) is 13.7. The van der Waals surface area contributed by atoms with Gasteiger partial charge in [-0.2, -0.15) is 0 Å². The van der Waals surface area contributed by atoms with Crippen molar-refractivity contribution in [2.24, 2.45) is 5.41 Å². The van der Waals surface area contributed by atoms with Crippen LogP contribution < -0.4 is 0 Å². The molecule has 1 N–H and O–H groups in total. The zero-order valence-corrected chi connectivity index (χ0v) is 25.4. The Hall–Kier alpha value is -3.82. The second kappa shape index (κ2) is 17.7. The summed E-state index contributed by atoms with van der Waals surface area (Å²) in [5, 5.41) is 10.0. The molecular weight excluding hydrogens is 492 g/mol. The van der Waals surface area contributed by atoms with Crippen LogP contribution in [-0.2, 0) is 9.59 Å². The van der Waals surface area contributed by atoms with Gasteiger partial charge in [-0.15, -0.1) is 0 Å². The normalized spacial score (nSPS) is 20.7. The van der Waals surface area contributed by atoms with Crippen LogP contribution in [0.4, 0.5) is 0 Å². The number of hydrogen-bond acceptors (Lipinski definition) is 3. The molecular formula is C37H46O3. The van der Waals surface area contributed by atoms with Gasteiger partial charge in [0.2, 0.25) is 0 Å². The minimum absolute atomic E-state index is 0.170. The lowest BCUT2D eigenvalue weighted by Gasteiger charge is -2.34. The number of aldehydes is 1. The Labute approximate surface area is 242 Å². The molecule has 1 aliphatic rings. The quantitative estimate of drug-likeness (QED) is 0.153. The largest absolute Gasteiger partial charge is 0.385 e. The Morgan fingerprint density at radius 3 is 1.48 bits per heavy atom. The van der Waals surface area contributed by atoms with Gasteiger partial charge in [0.25, 0.3) is 0 Å². The molecule has 0 saturated carbocycles. The van der Waals surface area contributed by atoms with Crippen LogP contribution in [0.5, 0.6) is 0 Å². The van der Waals surface area contributed by atoms with Crippen LogP contribution in [0.2, 0.25) is 0 Å². The summed E-state index contributed by atoms with van der Waals surface area (Å²) in [6.45, 7) is 16.1. The Balaban J connectivity index is 2.68. The van der Waals surface area contributed by atoms with Gasteiger partial charge in [-0.25, -0.2) is 0 Å². The molecule has 0 bridgehead atoms. The summed E-state index contributed by atoms with van der Waals surface area (Å²) in [6, 6.07) is 0. The molecule has 0 aromatic rings. The van der Waals surface area contributed by atoms with Crippen LogP contribution in [0.15, 0.2) is 142 Å².